The van der Waals surface area contributed by atoms with Crippen LogP contribution >= 0.6 is 0 Å². The summed E-state index contributed by atoms with van der Waals surface area (Å²) in [5, 5.41) is 5.75. The number of fused-ring (bicyclic) bond motifs is 1. The van der Waals surface area contributed by atoms with E-state index in [2.05, 4.69) is 15.6 Å². The van der Waals surface area contributed by atoms with Gasteiger partial charge in [0, 0.05) is 13.1 Å². The average Bonchev–Trinajstić information content (AvgIpc) is 3.06. The maximum absolute atomic E-state index is 12.9. The number of hydrogen-bond donors (Lipinski definition) is 2. The van der Waals surface area contributed by atoms with Crippen molar-refractivity contribution in [1.82, 2.24) is 14.9 Å². The molecule has 7 nitrogen and oxygen atoms in total. The number of hydrogen-bond acceptors (Lipinski definition) is 4. The molecule has 0 unspecified atom stereocenters. The van der Waals surface area contributed by atoms with E-state index in [0.29, 0.717) is 30.2 Å². The molecule has 1 aromatic heterocycles. The van der Waals surface area contributed by atoms with Gasteiger partial charge in [-0.05, 0) is 50.3 Å². The van der Waals surface area contributed by atoms with Crippen molar-refractivity contribution < 1.29 is 14.3 Å². The minimum atomic E-state index is -0.336. The van der Waals surface area contributed by atoms with Gasteiger partial charge in [-0.25, -0.2) is 4.98 Å². The van der Waals surface area contributed by atoms with Crippen molar-refractivity contribution in [3.05, 3.63) is 41.0 Å². The lowest BCUT2D eigenvalue weighted by Crippen LogP contribution is -2.26. The summed E-state index contributed by atoms with van der Waals surface area (Å²) in [5.74, 6) is 0.307. The zero-order valence-corrected chi connectivity index (χ0v) is 16.1. The number of ether oxygens (including phenoxy) is 1. The summed E-state index contributed by atoms with van der Waals surface area (Å²) >= 11 is 0. The van der Waals surface area contributed by atoms with Gasteiger partial charge in [-0.2, -0.15) is 0 Å². The summed E-state index contributed by atoms with van der Waals surface area (Å²) in [6, 6.07) is 5.59. The lowest BCUT2D eigenvalue weighted by molar-refractivity contribution is 0.0947. The van der Waals surface area contributed by atoms with Gasteiger partial charge in [-0.3, -0.25) is 9.59 Å². The van der Waals surface area contributed by atoms with Gasteiger partial charge in [-0.15, -0.1) is 0 Å². The molecule has 2 amide bonds. The Kier molecular flexibility index (Phi) is 5.78. The van der Waals surface area contributed by atoms with Crippen LogP contribution in [0.4, 0.5) is 5.69 Å². The van der Waals surface area contributed by atoms with Crippen molar-refractivity contribution in [2.24, 2.45) is 0 Å². The molecule has 0 saturated heterocycles. The van der Waals surface area contributed by atoms with Crippen LogP contribution < -0.4 is 15.4 Å². The van der Waals surface area contributed by atoms with E-state index in [1.54, 1.807) is 7.11 Å². The molecule has 1 aromatic carbocycles. The molecular weight excluding hydrogens is 344 g/mol. The first-order valence-corrected chi connectivity index (χ1v) is 9.38. The summed E-state index contributed by atoms with van der Waals surface area (Å²) in [4.78, 5) is 29.8. The third kappa shape index (κ3) is 3.97. The zero-order chi connectivity index (χ0) is 19.4. The number of carbonyl (C=O) groups excluding carboxylic acids is 2. The van der Waals surface area contributed by atoms with Crippen molar-refractivity contribution >= 4 is 17.5 Å². The van der Waals surface area contributed by atoms with Crippen molar-refractivity contribution in [2.45, 2.75) is 46.1 Å². The lowest BCUT2D eigenvalue weighted by Gasteiger charge is -2.17. The molecule has 3 rings (SSSR count). The number of methoxy groups -OCH3 is 1. The van der Waals surface area contributed by atoms with Gasteiger partial charge in [0.1, 0.15) is 11.4 Å². The summed E-state index contributed by atoms with van der Waals surface area (Å²) < 4.78 is 7.21. The Morgan fingerprint density at radius 1 is 1.26 bits per heavy atom. The van der Waals surface area contributed by atoms with E-state index in [0.717, 1.165) is 36.9 Å². The van der Waals surface area contributed by atoms with Crippen molar-refractivity contribution in [3.8, 4) is 5.75 Å². The minimum Gasteiger partial charge on any atom is -0.495 e. The Hall–Kier alpha value is -2.83. The number of rotatable bonds is 6. The maximum atomic E-state index is 12.9. The molecule has 2 heterocycles. The van der Waals surface area contributed by atoms with Gasteiger partial charge >= 0.3 is 0 Å². The SMILES string of the molecule is CCCNC(=O)c1nc(C(=O)Nc2cc(C)ccc2OC)n2c1CCCC2. The maximum Gasteiger partial charge on any atom is 0.291 e. The third-order valence-corrected chi connectivity index (χ3v) is 4.67. The van der Waals surface area contributed by atoms with Crippen molar-refractivity contribution in [1.29, 1.82) is 0 Å². The van der Waals surface area contributed by atoms with Gasteiger partial charge in [0.05, 0.1) is 18.5 Å². The van der Waals surface area contributed by atoms with Crippen LogP contribution in [0, 0.1) is 6.92 Å². The molecule has 27 heavy (non-hydrogen) atoms. The first kappa shape index (κ1) is 18.9. The molecular formula is C20H26N4O3. The normalized spacial score (nSPS) is 13.0. The molecule has 144 valence electrons. The summed E-state index contributed by atoms with van der Waals surface area (Å²) in [6.45, 7) is 5.23. The Morgan fingerprint density at radius 3 is 2.81 bits per heavy atom. The van der Waals surface area contributed by atoms with Gasteiger partial charge in [-0.1, -0.05) is 13.0 Å². The second-order valence-corrected chi connectivity index (χ2v) is 6.75. The van der Waals surface area contributed by atoms with Crippen molar-refractivity contribution in [2.75, 3.05) is 19.0 Å². The van der Waals surface area contributed by atoms with Gasteiger partial charge in [0.15, 0.2) is 5.82 Å². The first-order valence-electron chi connectivity index (χ1n) is 9.38. The van der Waals surface area contributed by atoms with E-state index in [9.17, 15) is 9.59 Å². The fraction of sp³-hybridized carbons (Fsp3) is 0.450. The number of nitrogens with one attached hydrogen (secondary N) is 2. The van der Waals surface area contributed by atoms with Gasteiger partial charge < -0.3 is 19.9 Å². The Balaban J connectivity index is 1.92. The Labute approximate surface area is 159 Å². The molecule has 0 bridgehead atoms. The summed E-state index contributed by atoms with van der Waals surface area (Å²) in [5.41, 5.74) is 2.81. The highest BCUT2D eigenvalue weighted by Crippen LogP contribution is 2.27. The smallest absolute Gasteiger partial charge is 0.291 e. The molecule has 0 aliphatic carbocycles. The van der Waals surface area contributed by atoms with Gasteiger partial charge in [0.2, 0.25) is 0 Å². The van der Waals surface area contributed by atoms with Crippen LogP contribution in [0.15, 0.2) is 18.2 Å². The van der Waals surface area contributed by atoms with Gasteiger partial charge in [0.25, 0.3) is 11.8 Å². The second-order valence-electron chi connectivity index (χ2n) is 6.75. The van der Waals surface area contributed by atoms with Crippen LogP contribution in [-0.4, -0.2) is 35.0 Å². The Bertz CT molecular complexity index is 857. The molecule has 0 fully saturated rings. The molecule has 1 aliphatic heterocycles. The van der Waals surface area contributed by atoms with E-state index in [1.807, 2.05) is 36.6 Å². The number of nitrogens with zero attached hydrogens (tertiary/aromatic N) is 2. The fourth-order valence-electron chi connectivity index (χ4n) is 3.32. The number of benzene rings is 1. The molecule has 7 heteroatoms. The van der Waals surface area contributed by atoms with E-state index in [-0.39, 0.29) is 17.6 Å². The minimum absolute atomic E-state index is 0.213. The predicted molar refractivity (Wildman–Crippen MR) is 103 cm³/mol. The highest BCUT2D eigenvalue weighted by molar-refractivity contribution is 6.04. The standard InChI is InChI=1S/C20H26N4O3/c1-4-10-21-19(25)17-15-7-5-6-11-24(15)18(23-17)20(26)22-14-12-13(2)8-9-16(14)27-3/h8-9,12H,4-7,10-11H2,1-3H3,(H,21,25)(H,22,26). The first-order chi connectivity index (χ1) is 13.0. The molecule has 0 saturated carbocycles. The predicted octanol–water partition coefficient (Wildman–Crippen LogP) is 2.93. The van der Waals surface area contributed by atoms with Crippen LogP contribution in [0.5, 0.6) is 5.75 Å². The van der Waals surface area contributed by atoms with Crippen molar-refractivity contribution in [3.63, 3.8) is 0 Å². The topological polar surface area (TPSA) is 85.2 Å². The molecule has 0 radical (unpaired) electrons. The zero-order valence-electron chi connectivity index (χ0n) is 16.1. The molecule has 2 aromatic rings. The third-order valence-electron chi connectivity index (χ3n) is 4.67. The van der Waals surface area contributed by atoms with Crippen LogP contribution in [0.25, 0.3) is 0 Å². The van der Waals surface area contributed by atoms with E-state index >= 15 is 0 Å². The number of aromatic nitrogens is 2. The monoisotopic (exact) mass is 370 g/mol. The van der Waals surface area contributed by atoms with Crippen LogP contribution in [0.2, 0.25) is 0 Å². The number of carbonyl (C=O) groups is 2. The number of imidazole rings is 1. The molecule has 2 N–H and O–H groups in total. The molecule has 0 spiro atoms. The number of anilines is 1. The number of aryl methyl sites for hydroxylation is 1. The number of amides is 2. The lowest BCUT2D eigenvalue weighted by atomic mass is 10.1. The van der Waals surface area contributed by atoms with E-state index in [4.69, 9.17) is 4.74 Å². The Morgan fingerprint density at radius 2 is 2.07 bits per heavy atom. The summed E-state index contributed by atoms with van der Waals surface area (Å²) in [6.07, 6.45) is 3.56. The highest BCUT2D eigenvalue weighted by Gasteiger charge is 2.27. The fourth-order valence-corrected chi connectivity index (χ4v) is 3.32. The summed E-state index contributed by atoms with van der Waals surface area (Å²) in [7, 11) is 1.56. The molecule has 1 aliphatic rings. The molecule has 0 atom stereocenters. The van der Waals surface area contributed by atoms with E-state index < -0.39 is 0 Å². The second kappa shape index (κ2) is 8.24. The van der Waals surface area contributed by atoms with Crippen LogP contribution in [-0.2, 0) is 13.0 Å². The average molecular weight is 370 g/mol. The quantitative estimate of drug-likeness (QED) is 0.819. The van der Waals surface area contributed by atoms with E-state index in [1.165, 1.54) is 0 Å². The van der Waals surface area contributed by atoms with Crippen LogP contribution in [0.1, 0.15) is 58.6 Å². The highest BCUT2D eigenvalue weighted by atomic mass is 16.5. The largest absolute Gasteiger partial charge is 0.495 e. The van der Waals surface area contributed by atoms with Crippen LogP contribution in [0.3, 0.4) is 0 Å².